The summed E-state index contributed by atoms with van der Waals surface area (Å²) < 4.78 is 21.7. The molecule has 0 aliphatic carbocycles. The fourth-order valence-corrected chi connectivity index (χ4v) is 2.34. The van der Waals surface area contributed by atoms with E-state index in [1.807, 2.05) is 30.3 Å². The number of carbonyl (C=O) groups is 2. The van der Waals surface area contributed by atoms with E-state index in [9.17, 15) is 9.59 Å². The van der Waals surface area contributed by atoms with E-state index in [1.54, 1.807) is 0 Å². The molecule has 0 unspecified atom stereocenters. The van der Waals surface area contributed by atoms with Crippen LogP contribution < -0.4 is 0 Å². The first kappa shape index (κ1) is 16.5. The first-order valence-electron chi connectivity index (χ1n) is 7.14. The molecule has 6 nitrogen and oxygen atoms in total. The maximum Gasteiger partial charge on any atom is 0.303 e. The monoisotopic (exact) mass is 308 g/mol. The SMILES string of the molecule is CC(=O)O[C@H]1COC[C@H](OC(C)=O)C1OCc1ccccc1. The van der Waals surface area contributed by atoms with E-state index in [0.717, 1.165) is 5.56 Å². The summed E-state index contributed by atoms with van der Waals surface area (Å²) in [5, 5.41) is 0. The van der Waals surface area contributed by atoms with Crippen molar-refractivity contribution in [1.82, 2.24) is 0 Å². The number of esters is 2. The highest BCUT2D eigenvalue weighted by Crippen LogP contribution is 2.20. The molecule has 1 aliphatic rings. The van der Waals surface area contributed by atoms with Crippen molar-refractivity contribution in [2.45, 2.75) is 38.8 Å². The minimum atomic E-state index is -0.598. The lowest BCUT2D eigenvalue weighted by atomic mass is 10.1. The molecular weight excluding hydrogens is 288 g/mol. The second-order valence-corrected chi connectivity index (χ2v) is 5.09. The molecule has 0 N–H and O–H groups in total. The molecule has 2 atom stereocenters. The van der Waals surface area contributed by atoms with Crippen LogP contribution in [0.5, 0.6) is 0 Å². The van der Waals surface area contributed by atoms with Gasteiger partial charge in [0, 0.05) is 13.8 Å². The third-order valence-corrected chi connectivity index (χ3v) is 3.22. The van der Waals surface area contributed by atoms with Crippen molar-refractivity contribution >= 4 is 11.9 Å². The minimum Gasteiger partial charge on any atom is -0.457 e. The van der Waals surface area contributed by atoms with Crippen LogP contribution in [-0.2, 0) is 35.1 Å². The van der Waals surface area contributed by atoms with Crippen LogP contribution in [0.3, 0.4) is 0 Å². The summed E-state index contributed by atoms with van der Waals surface area (Å²) >= 11 is 0. The summed E-state index contributed by atoms with van der Waals surface area (Å²) in [5.74, 6) is -0.851. The quantitative estimate of drug-likeness (QED) is 0.767. The summed E-state index contributed by atoms with van der Waals surface area (Å²) in [5.41, 5.74) is 0.983. The van der Waals surface area contributed by atoms with Crippen molar-refractivity contribution in [3.05, 3.63) is 35.9 Å². The Morgan fingerprint density at radius 3 is 2.09 bits per heavy atom. The average Bonchev–Trinajstić information content (AvgIpc) is 2.46. The first-order chi connectivity index (χ1) is 10.6. The van der Waals surface area contributed by atoms with Gasteiger partial charge in [-0.05, 0) is 5.56 Å². The van der Waals surface area contributed by atoms with E-state index in [0.29, 0.717) is 6.61 Å². The summed E-state index contributed by atoms with van der Waals surface area (Å²) in [6.07, 6.45) is -1.75. The van der Waals surface area contributed by atoms with Crippen LogP contribution in [0.1, 0.15) is 19.4 Å². The Kier molecular flexibility index (Phi) is 5.91. The van der Waals surface area contributed by atoms with Gasteiger partial charge < -0.3 is 18.9 Å². The number of hydrogen-bond acceptors (Lipinski definition) is 6. The Morgan fingerprint density at radius 1 is 1.05 bits per heavy atom. The molecule has 1 aromatic rings. The molecule has 6 heteroatoms. The maximum absolute atomic E-state index is 11.2. The largest absolute Gasteiger partial charge is 0.457 e. The highest BCUT2D eigenvalue weighted by Gasteiger charge is 2.39. The molecule has 0 saturated carbocycles. The van der Waals surface area contributed by atoms with Gasteiger partial charge in [-0.25, -0.2) is 0 Å². The summed E-state index contributed by atoms with van der Waals surface area (Å²) in [6.45, 7) is 3.42. The minimum absolute atomic E-state index is 0.219. The van der Waals surface area contributed by atoms with Crippen LogP contribution in [0.25, 0.3) is 0 Å². The van der Waals surface area contributed by atoms with Crippen molar-refractivity contribution in [2.75, 3.05) is 13.2 Å². The molecule has 0 spiro atoms. The van der Waals surface area contributed by atoms with Gasteiger partial charge in [0.05, 0.1) is 19.8 Å². The smallest absolute Gasteiger partial charge is 0.303 e. The molecular formula is C16H20O6. The van der Waals surface area contributed by atoms with Gasteiger partial charge in [0.1, 0.15) is 6.10 Å². The average molecular weight is 308 g/mol. The number of ether oxygens (including phenoxy) is 4. The van der Waals surface area contributed by atoms with Crippen LogP contribution in [-0.4, -0.2) is 43.5 Å². The van der Waals surface area contributed by atoms with Crippen molar-refractivity contribution in [3.8, 4) is 0 Å². The second-order valence-electron chi connectivity index (χ2n) is 5.09. The molecule has 22 heavy (non-hydrogen) atoms. The Morgan fingerprint density at radius 2 is 1.59 bits per heavy atom. The van der Waals surface area contributed by atoms with Crippen LogP contribution in [0, 0.1) is 0 Å². The van der Waals surface area contributed by atoms with Crippen molar-refractivity contribution < 1.29 is 28.5 Å². The van der Waals surface area contributed by atoms with Crippen molar-refractivity contribution in [2.24, 2.45) is 0 Å². The number of hydrogen-bond donors (Lipinski definition) is 0. The lowest BCUT2D eigenvalue weighted by Gasteiger charge is -2.36. The van der Waals surface area contributed by atoms with E-state index in [2.05, 4.69) is 0 Å². The fourth-order valence-electron chi connectivity index (χ4n) is 2.34. The maximum atomic E-state index is 11.2. The van der Waals surface area contributed by atoms with Gasteiger partial charge in [-0.3, -0.25) is 9.59 Å². The predicted molar refractivity (Wildman–Crippen MR) is 76.9 cm³/mol. The van der Waals surface area contributed by atoms with Gasteiger partial charge in [-0.15, -0.1) is 0 Å². The van der Waals surface area contributed by atoms with Gasteiger partial charge in [-0.1, -0.05) is 30.3 Å². The van der Waals surface area contributed by atoms with E-state index < -0.39 is 30.3 Å². The lowest BCUT2D eigenvalue weighted by molar-refractivity contribution is -0.208. The molecule has 1 fully saturated rings. The van der Waals surface area contributed by atoms with E-state index in [4.69, 9.17) is 18.9 Å². The number of benzene rings is 1. The van der Waals surface area contributed by atoms with Gasteiger partial charge in [0.25, 0.3) is 0 Å². The fraction of sp³-hybridized carbons (Fsp3) is 0.500. The standard InChI is InChI=1S/C16H20O6/c1-11(17)21-14-9-19-10-15(22-12(2)18)16(14)20-8-13-6-4-3-5-7-13/h3-7,14-16H,8-10H2,1-2H3/t14-,15-/m0/s1. The summed E-state index contributed by atoms with van der Waals surface area (Å²) in [4.78, 5) is 22.4. The molecule has 1 saturated heterocycles. The van der Waals surface area contributed by atoms with Gasteiger partial charge in [0.15, 0.2) is 12.2 Å². The Hall–Kier alpha value is -1.92. The lowest BCUT2D eigenvalue weighted by Crippen LogP contribution is -2.52. The molecule has 1 heterocycles. The topological polar surface area (TPSA) is 71.1 Å². The zero-order valence-corrected chi connectivity index (χ0v) is 12.7. The van der Waals surface area contributed by atoms with Crippen molar-refractivity contribution in [3.63, 3.8) is 0 Å². The Labute approximate surface area is 129 Å². The van der Waals surface area contributed by atoms with E-state index in [-0.39, 0.29) is 13.2 Å². The molecule has 1 aromatic carbocycles. The zero-order valence-electron chi connectivity index (χ0n) is 12.7. The first-order valence-corrected chi connectivity index (χ1v) is 7.14. The number of carbonyl (C=O) groups excluding carboxylic acids is 2. The zero-order chi connectivity index (χ0) is 15.9. The molecule has 120 valence electrons. The summed E-state index contributed by atoms with van der Waals surface area (Å²) in [7, 11) is 0. The van der Waals surface area contributed by atoms with Crippen molar-refractivity contribution in [1.29, 1.82) is 0 Å². The molecule has 0 amide bonds. The van der Waals surface area contributed by atoms with Crippen LogP contribution in [0.15, 0.2) is 30.3 Å². The molecule has 2 rings (SSSR count). The van der Waals surface area contributed by atoms with Gasteiger partial charge in [0.2, 0.25) is 0 Å². The Balaban J connectivity index is 2.05. The molecule has 0 radical (unpaired) electrons. The highest BCUT2D eigenvalue weighted by atomic mass is 16.6. The third-order valence-electron chi connectivity index (χ3n) is 3.22. The molecule has 0 bridgehead atoms. The molecule has 1 aliphatic heterocycles. The number of rotatable bonds is 5. The third kappa shape index (κ3) is 4.82. The van der Waals surface area contributed by atoms with Crippen LogP contribution >= 0.6 is 0 Å². The Bertz CT molecular complexity index is 477. The van der Waals surface area contributed by atoms with Crippen LogP contribution in [0.2, 0.25) is 0 Å². The van der Waals surface area contributed by atoms with Gasteiger partial charge >= 0.3 is 11.9 Å². The van der Waals surface area contributed by atoms with E-state index in [1.165, 1.54) is 13.8 Å². The van der Waals surface area contributed by atoms with Gasteiger partial charge in [-0.2, -0.15) is 0 Å². The van der Waals surface area contributed by atoms with E-state index >= 15 is 0 Å². The predicted octanol–water partition coefficient (Wildman–Crippen LogP) is 1.47. The second kappa shape index (κ2) is 7.91. The normalized spacial score (nSPS) is 22.1. The summed E-state index contributed by atoms with van der Waals surface area (Å²) in [6, 6.07) is 9.61. The highest BCUT2D eigenvalue weighted by molar-refractivity contribution is 5.67. The molecule has 0 aromatic heterocycles. The van der Waals surface area contributed by atoms with Crippen LogP contribution in [0.4, 0.5) is 0 Å².